The number of benzene rings is 3. The average molecular weight is 583 g/mol. The van der Waals surface area contributed by atoms with Crippen molar-refractivity contribution in [1.29, 1.82) is 5.26 Å². The molecule has 0 unspecified atom stereocenters. The molecule has 0 aliphatic carbocycles. The summed E-state index contributed by atoms with van der Waals surface area (Å²) in [5.74, 6) is -0.372. The Kier molecular flexibility index (Phi) is 8.63. The van der Waals surface area contributed by atoms with Gasteiger partial charge in [0.15, 0.2) is 6.61 Å². The van der Waals surface area contributed by atoms with Crippen molar-refractivity contribution in [1.82, 2.24) is 0 Å². The highest BCUT2D eigenvalue weighted by molar-refractivity contribution is 9.11. The van der Waals surface area contributed by atoms with Gasteiger partial charge in [0.2, 0.25) is 0 Å². The van der Waals surface area contributed by atoms with Gasteiger partial charge in [-0.15, -0.1) is 0 Å². The van der Waals surface area contributed by atoms with Crippen LogP contribution in [-0.2, 0) is 9.59 Å². The molecule has 0 aromatic heterocycles. The van der Waals surface area contributed by atoms with Crippen molar-refractivity contribution in [2.45, 2.75) is 13.8 Å². The standard InChI is InChI=1S/C26H21Br2N3O3/c1-16-8-9-23(17(2)10-16)31-24(32)15-34-25-21(27)12-18(13-22(25)28)11-19(14-29)26(33)30-20-6-4-3-5-7-20/h3-13H,15H2,1-2H3,(H,30,33)(H,31,32)/b19-11+. The number of nitriles is 1. The fourth-order valence-corrected chi connectivity index (χ4v) is 4.56. The van der Waals surface area contributed by atoms with E-state index in [0.29, 0.717) is 25.9 Å². The lowest BCUT2D eigenvalue weighted by Crippen LogP contribution is -2.21. The molecule has 0 fully saturated rings. The molecule has 0 aliphatic heterocycles. The Morgan fingerprint density at radius 3 is 2.29 bits per heavy atom. The van der Waals surface area contributed by atoms with Crippen LogP contribution in [0, 0.1) is 25.2 Å². The molecule has 0 aliphatic rings. The lowest BCUT2D eigenvalue weighted by Gasteiger charge is -2.13. The van der Waals surface area contributed by atoms with Gasteiger partial charge < -0.3 is 15.4 Å². The Morgan fingerprint density at radius 2 is 1.68 bits per heavy atom. The molecule has 6 nitrogen and oxygen atoms in total. The highest BCUT2D eigenvalue weighted by Gasteiger charge is 2.14. The van der Waals surface area contributed by atoms with Gasteiger partial charge >= 0.3 is 0 Å². The maximum Gasteiger partial charge on any atom is 0.266 e. The predicted octanol–water partition coefficient (Wildman–Crippen LogP) is 6.39. The van der Waals surface area contributed by atoms with Crippen LogP contribution in [0.15, 0.2) is 75.2 Å². The first-order chi connectivity index (χ1) is 16.3. The molecule has 0 radical (unpaired) electrons. The number of hydrogen-bond donors (Lipinski definition) is 2. The Bertz CT molecular complexity index is 1280. The molecule has 0 bridgehead atoms. The SMILES string of the molecule is Cc1ccc(NC(=O)COc2c(Br)cc(/C=C(\C#N)C(=O)Nc3ccccc3)cc2Br)c(C)c1. The molecule has 2 amide bonds. The number of anilines is 2. The molecule has 172 valence electrons. The minimum absolute atomic E-state index is 0.0517. The van der Waals surface area contributed by atoms with Crippen molar-refractivity contribution >= 4 is 61.1 Å². The third-order valence-corrected chi connectivity index (χ3v) is 5.91. The zero-order valence-electron chi connectivity index (χ0n) is 18.5. The number of rotatable bonds is 7. The van der Waals surface area contributed by atoms with Gasteiger partial charge in [-0.2, -0.15) is 5.26 Å². The Labute approximate surface area is 214 Å². The molecule has 0 heterocycles. The second-order valence-corrected chi connectivity index (χ2v) is 9.17. The highest BCUT2D eigenvalue weighted by Crippen LogP contribution is 2.35. The summed E-state index contributed by atoms with van der Waals surface area (Å²) >= 11 is 6.88. The van der Waals surface area contributed by atoms with Gasteiger partial charge in [0.25, 0.3) is 11.8 Å². The minimum Gasteiger partial charge on any atom is -0.481 e. The molecule has 34 heavy (non-hydrogen) atoms. The van der Waals surface area contributed by atoms with Crippen LogP contribution in [0.25, 0.3) is 6.08 Å². The molecule has 8 heteroatoms. The molecule has 3 aromatic rings. The van der Waals surface area contributed by atoms with E-state index in [1.54, 1.807) is 36.4 Å². The van der Waals surface area contributed by atoms with E-state index < -0.39 is 5.91 Å². The number of nitrogens with one attached hydrogen (secondary N) is 2. The molecule has 3 rings (SSSR count). The van der Waals surface area contributed by atoms with Gasteiger partial charge in [-0.25, -0.2) is 0 Å². The second-order valence-electron chi connectivity index (χ2n) is 7.46. The summed E-state index contributed by atoms with van der Waals surface area (Å²) < 4.78 is 6.83. The fraction of sp³-hybridized carbons (Fsp3) is 0.115. The quantitative estimate of drug-likeness (QED) is 0.249. The van der Waals surface area contributed by atoms with E-state index in [1.807, 2.05) is 44.2 Å². The van der Waals surface area contributed by atoms with Crippen molar-refractivity contribution in [3.63, 3.8) is 0 Å². The molecular weight excluding hydrogens is 562 g/mol. The van der Waals surface area contributed by atoms with Crippen LogP contribution in [0.5, 0.6) is 5.75 Å². The van der Waals surface area contributed by atoms with E-state index in [-0.39, 0.29) is 18.1 Å². The number of ether oxygens (including phenoxy) is 1. The molecule has 0 saturated heterocycles. The minimum atomic E-state index is -0.510. The van der Waals surface area contributed by atoms with Gasteiger partial charge in [-0.3, -0.25) is 9.59 Å². The third kappa shape index (κ3) is 6.80. The van der Waals surface area contributed by atoms with Crippen LogP contribution < -0.4 is 15.4 Å². The van der Waals surface area contributed by atoms with E-state index in [0.717, 1.165) is 16.8 Å². The summed E-state index contributed by atoms with van der Waals surface area (Å²) in [4.78, 5) is 24.8. The first-order valence-electron chi connectivity index (χ1n) is 10.2. The monoisotopic (exact) mass is 581 g/mol. The summed E-state index contributed by atoms with van der Waals surface area (Å²) in [7, 11) is 0. The van der Waals surface area contributed by atoms with Gasteiger partial charge in [-0.1, -0.05) is 35.9 Å². The summed E-state index contributed by atoms with van der Waals surface area (Å²) in [6.07, 6.45) is 1.48. The van der Waals surface area contributed by atoms with Crippen molar-refractivity contribution in [2.75, 3.05) is 17.2 Å². The van der Waals surface area contributed by atoms with Crippen LogP contribution in [0.1, 0.15) is 16.7 Å². The topological polar surface area (TPSA) is 91.2 Å². The lowest BCUT2D eigenvalue weighted by atomic mass is 10.1. The number of para-hydroxylation sites is 1. The number of hydrogen-bond acceptors (Lipinski definition) is 4. The predicted molar refractivity (Wildman–Crippen MR) is 141 cm³/mol. The number of nitrogens with zero attached hydrogens (tertiary/aromatic N) is 1. The number of halogens is 2. The van der Waals surface area contributed by atoms with E-state index in [2.05, 4.69) is 42.5 Å². The summed E-state index contributed by atoms with van der Waals surface area (Å²) in [5.41, 5.74) is 3.96. The fourth-order valence-electron chi connectivity index (χ4n) is 3.11. The largest absolute Gasteiger partial charge is 0.481 e. The number of aryl methyl sites for hydroxylation is 2. The Hall–Kier alpha value is -3.41. The van der Waals surface area contributed by atoms with Crippen LogP contribution in [0.2, 0.25) is 0 Å². The van der Waals surface area contributed by atoms with E-state index in [9.17, 15) is 14.9 Å². The van der Waals surface area contributed by atoms with Gasteiger partial charge in [0, 0.05) is 11.4 Å². The number of carbonyl (C=O) groups is 2. The molecule has 0 spiro atoms. The smallest absolute Gasteiger partial charge is 0.266 e. The first-order valence-corrected chi connectivity index (χ1v) is 11.8. The maximum absolute atomic E-state index is 12.5. The van der Waals surface area contributed by atoms with Gasteiger partial charge in [0.1, 0.15) is 17.4 Å². The molecular formula is C26H21Br2N3O3. The van der Waals surface area contributed by atoms with E-state index in [1.165, 1.54) is 6.08 Å². The Morgan fingerprint density at radius 1 is 1.00 bits per heavy atom. The van der Waals surface area contributed by atoms with Crippen LogP contribution in [-0.4, -0.2) is 18.4 Å². The van der Waals surface area contributed by atoms with Crippen molar-refractivity contribution in [3.05, 3.63) is 91.9 Å². The van der Waals surface area contributed by atoms with Crippen molar-refractivity contribution in [2.24, 2.45) is 0 Å². The number of amides is 2. The van der Waals surface area contributed by atoms with Crippen molar-refractivity contribution < 1.29 is 14.3 Å². The van der Waals surface area contributed by atoms with Gasteiger partial charge in [0.05, 0.1) is 8.95 Å². The maximum atomic E-state index is 12.5. The van der Waals surface area contributed by atoms with E-state index in [4.69, 9.17) is 4.74 Å². The first kappa shape index (κ1) is 25.2. The van der Waals surface area contributed by atoms with Crippen molar-refractivity contribution in [3.8, 4) is 11.8 Å². The molecule has 0 saturated carbocycles. The zero-order chi connectivity index (χ0) is 24.7. The Balaban J connectivity index is 1.69. The van der Waals surface area contributed by atoms with Crippen LogP contribution in [0.4, 0.5) is 11.4 Å². The summed E-state index contributed by atoms with van der Waals surface area (Å²) in [5, 5.41) is 15.0. The second kappa shape index (κ2) is 11.6. The highest BCUT2D eigenvalue weighted by atomic mass is 79.9. The lowest BCUT2D eigenvalue weighted by molar-refractivity contribution is -0.118. The van der Waals surface area contributed by atoms with Crippen LogP contribution >= 0.6 is 31.9 Å². The summed E-state index contributed by atoms with van der Waals surface area (Å²) in [6, 6.07) is 20.0. The van der Waals surface area contributed by atoms with Gasteiger partial charge in [-0.05, 0) is 93.2 Å². The normalized spacial score (nSPS) is 10.9. The zero-order valence-corrected chi connectivity index (χ0v) is 21.7. The van der Waals surface area contributed by atoms with Crippen LogP contribution in [0.3, 0.4) is 0 Å². The molecule has 3 aromatic carbocycles. The average Bonchev–Trinajstić information content (AvgIpc) is 2.79. The van der Waals surface area contributed by atoms with E-state index >= 15 is 0 Å². The third-order valence-electron chi connectivity index (χ3n) is 4.73. The molecule has 2 N–H and O–H groups in total. The summed E-state index contributed by atoms with van der Waals surface area (Å²) in [6.45, 7) is 3.73. The molecule has 0 atom stereocenters. The number of carbonyl (C=O) groups excluding carboxylic acids is 2.